The first-order valence-electron chi connectivity index (χ1n) is 10.3. The summed E-state index contributed by atoms with van der Waals surface area (Å²) in [5.41, 5.74) is 0.859. The number of hydrogen-bond donors (Lipinski definition) is 0. The minimum Gasteiger partial charge on any atom is -0.494 e. The van der Waals surface area contributed by atoms with E-state index in [1.165, 1.54) is 24.3 Å². The molecular weight excluding hydrogens is 354 g/mol. The quantitative estimate of drug-likeness (QED) is 0.678. The number of ketones is 1. The number of nitrogens with zero attached hydrogens (tertiary/aromatic N) is 1. The summed E-state index contributed by atoms with van der Waals surface area (Å²) in [7, 11) is 0. The van der Waals surface area contributed by atoms with Crippen molar-refractivity contribution >= 4 is 28.3 Å². The van der Waals surface area contributed by atoms with Crippen LogP contribution in [-0.4, -0.2) is 47.9 Å². The molecule has 2 fully saturated rings. The predicted octanol–water partition coefficient (Wildman–Crippen LogP) is 5.03. The Hall–Kier alpha value is -1.52. The van der Waals surface area contributed by atoms with Crippen LogP contribution in [0.5, 0.6) is 5.75 Å². The van der Waals surface area contributed by atoms with E-state index in [1.807, 2.05) is 19.1 Å². The van der Waals surface area contributed by atoms with Gasteiger partial charge in [0, 0.05) is 24.1 Å². The maximum absolute atomic E-state index is 13.2. The van der Waals surface area contributed by atoms with Crippen molar-refractivity contribution in [3.05, 3.63) is 42.0 Å². The van der Waals surface area contributed by atoms with Gasteiger partial charge in [-0.3, -0.25) is 9.69 Å². The van der Waals surface area contributed by atoms with Crippen LogP contribution in [0.2, 0.25) is 0 Å². The molecule has 2 saturated heterocycles. The molecule has 3 nitrogen and oxygen atoms in total. The molecule has 0 amide bonds. The molecule has 0 spiro atoms. The molecule has 0 aromatic heterocycles. The second-order valence-electron chi connectivity index (χ2n) is 7.70. The van der Waals surface area contributed by atoms with E-state index >= 15 is 0 Å². The van der Waals surface area contributed by atoms with E-state index in [0.29, 0.717) is 18.4 Å². The van der Waals surface area contributed by atoms with Gasteiger partial charge in [-0.1, -0.05) is 18.2 Å². The van der Waals surface area contributed by atoms with Gasteiger partial charge in [-0.15, -0.1) is 0 Å². The fourth-order valence-electron chi connectivity index (χ4n) is 4.47. The van der Waals surface area contributed by atoms with Gasteiger partial charge in [-0.25, -0.2) is 0 Å². The van der Waals surface area contributed by atoms with Crippen LogP contribution < -0.4 is 4.74 Å². The third-order valence-electron chi connectivity index (χ3n) is 5.94. The zero-order chi connectivity index (χ0) is 18.6. The van der Waals surface area contributed by atoms with E-state index in [-0.39, 0.29) is 5.92 Å². The summed E-state index contributed by atoms with van der Waals surface area (Å²) in [6.07, 6.45) is 4.73. The number of benzene rings is 2. The molecule has 2 aromatic rings. The van der Waals surface area contributed by atoms with E-state index in [2.05, 4.69) is 40.9 Å². The number of thioether (sulfide) groups is 1. The summed E-state index contributed by atoms with van der Waals surface area (Å²) in [6, 6.07) is 12.9. The van der Waals surface area contributed by atoms with Gasteiger partial charge in [0.2, 0.25) is 0 Å². The van der Waals surface area contributed by atoms with Crippen LogP contribution in [0.4, 0.5) is 0 Å². The Bertz CT molecular complexity index is 800. The first-order chi connectivity index (χ1) is 13.2. The Kier molecular flexibility index (Phi) is 6.04. The number of likely N-dealkylation sites (tertiary alicyclic amines) is 1. The van der Waals surface area contributed by atoms with Crippen LogP contribution in [0.3, 0.4) is 0 Å². The number of carbonyl (C=O) groups is 1. The molecule has 1 atom stereocenters. The SMILES string of the molecule is CCOc1ccc2cc(C(=O)C3CCCN(C4CCSCC4)C3)ccc2c1. The van der Waals surface area contributed by atoms with Crippen molar-refractivity contribution in [1.29, 1.82) is 0 Å². The highest BCUT2D eigenvalue weighted by molar-refractivity contribution is 7.99. The molecule has 0 bridgehead atoms. The lowest BCUT2D eigenvalue weighted by Gasteiger charge is -2.39. The van der Waals surface area contributed by atoms with Crippen LogP contribution in [0.1, 0.15) is 43.0 Å². The lowest BCUT2D eigenvalue weighted by atomic mass is 9.88. The summed E-state index contributed by atoms with van der Waals surface area (Å²) in [5.74, 6) is 3.90. The largest absolute Gasteiger partial charge is 0.494 e. The summed E-state index contributed by atoms with van der Waals surface area (Å²) in [6.45, 7) is 4.76. The number of rotatable bonds is 5. The van der Waals surface area contributed by atoms with Crippen molar-refractivity contribution in [1.82, 2.24) is 4.90 Å². The van der Waals surface area contributed by atoms with Gasteiger partial charge in [0.25, 0.3) is 0 Å². The van der Waals surface area contributed by atoms with Crippen LogP contribution in [0.15, 0.2) is 36.4 Å². The fourth-order valence-corrected chi connectivity index (χ4v) is 5.55. The minimum atomic E-state index is 0.147. The van der Waals surface area contributed by atoms with Gasteiger partial charge in [0.1, 0.15) is 5.75 Å². The molecule has 144 valence electrons. The summed E-state index contributed by atoms with van der Waals surface area (Å²) in [5, 5.41) is 2.24. The molecule has 4 heteroatoms. The lowest BCUT2D eigenvalue weighted by Crippen LogP contribution is -2.46. The maximum Gasteiger partial charge on any atom is 0.167 e. The molecule has 0 saturated carbocycles. The molecule has 1 unspecified atom stereocenters. The highest BCUT2D eigenvalue weighted by Gasteiger charge is 2.31. The number of carbonyl (C=O) groups excluding carboxylic acids is 1. The van der Waals surface area contributed by atoms with Gasteiger partial charge in [0.05, 0.1) is 6.61 Å². The predicted molar refractivity (Wildman–Crippen MR) is 114 cm³/mol. The second kappa shape index (κ2) is 8.66. The Labute approximate surface area is 166 Å². The lowest BCUT2D eigenvalue weighted by molar-refractivity contribution is 0.0741. The number of piperidine rings is 1. The zero-order valence-electron chi connectivity index (χ0n) is 16.2. The van der Waals surface area contributed by atoms with E-state index in [1.54, 1.807) is 0 Å². The van der Waals surface area contributed by atoms with Gasteiger partial charge >= 0.3 is 0 Å². The van der Waals surface area contributed by atoms with Crippen molar-refractivity contribution in [3.63, 3.8) is 0 Å². The van der Waals surface area contributed by atoms with Crippen molar-refractivity contribution in [2.45, 2.75) is 38.6 Å². The molecule has 0 aliphatic carbocycles. The molecule has 2 aliphatic rings. The van der Waals surface area contributed by atoms with Crippen molar-refractivity contribution in [2.24, 2.45) is 5.92 Å². The molecule has 0 N–H and O–H groups in total. The Morgan fingerprint density at radius 3 is 2.70 bits per heavy atom. The zero-order valence-corrected chi connectivity index (χ0v) is 17.0. The average molecular weight is 384 g/mol. The van der Waals surface area contributed by atoms with E-state index < -0.39 is 0 Å². The second-order valence-corrected chi connectivity index (χ2v) is 8.92. The first-order valence-corrected chi connectivity index (χ1v) is 11.4. The van der Waals surface area contributed by atoms with Gasteiger partial charge in [-0.05, 0) is 79.6 Å². The molecule has 0 radical (unpaired) electrons. The van der Waals surface area contributed by atoms with Crippen LogP contribution in [0, 0.1) is 5.92 Å². The van der Waals surface area contributed by atoms with Gasteiger partial charge in [-0.2, -0.15) is 11.8 Å². The number of ether oxygens (including phenoxy) is 1. The number of fused-ring (bicyclic) bond motifs is 1. The van der Waals surface area contributed by atoms with Crippen LogP contribution >= 0.6 is 11.8 Å². The molecule has 2 aromatic carbocycles. The van der Waals surface area contributed by atoms with Crippen LogP contribution in [0.25, 0.3) is 10.8 Å². The van der Waals surface area contributed by atoms with Crippen molar-refractivity contribution in [2.75, 3.05) is 31.2 Å². The molecule has 4 rings (SSSR count). The normalized spacial score (nSPS) is 22.0. The molecule has 2 aliphatic heterocycles. The topological polar surface area (TPSA) is 29.5 Å². The highest BCUT2D eigenvalue weighted by atomic mass is 32.2. The fraction of sp³-hybridized carbons (Fsp3) is 0.522. The van der Waals surface area contributed by atoms with Gasteiger partial charge < -0.3 is 4.74 Å². The van der Waals surface area contributed by atoms with Crippen molar-refractivity contribution < 1.29 is 9.53 Å². The van der Waals surface area contributed by atoms with E-state index in [4.69, 9.17) is 4.74 Å². The van der Waals surface area contributed by atoms with Crippen molar-refractivity contribution in [3.8, 4) is 5.75 Å². The average Bonchev–Trinajstić information content (AvgIpc) is 2.74. The summed E-state index contributed by atoms with van der Waals surface area (Å²) < 4.78 is 5.58. The summed E-state index contributed by atoms with van der Waals surface area (Å²) >= 11 is 2.07. The monoisotopic (exact) mass is 383 g/mol. The third-order valence-corrected chi connectivity index (χ3v) is 6.99. The van der Waals surface area contributed by atoms with Gasteiger partial charge in [0.15, 0.2) is 5.78 Å². The highest BCUT2D eigenvalue weighted by Crippen LogP contribution is 2.29. The number of hydrogen-bond acceptors (Lipinski definition) is 4. The maximum atomic E-state index is 13.2. The van der Waals surface area contributed by atoms with E-state index in [9.17, 15) is 4.79 Å². The molecule has 2 heterocycles. The smallest absolute Gasteiger partial charge is 0.167 e. The third kappa shape index (κ3) is 4.33. The van der Waals surface area contributed by atoms with E-state index in [0.717, 1.165) is 48.0 Å². The Morgan fingerprint density at radius 1 is 1.11 bits per heavy atom. The standard InChI is InChI=1S/C23H29NO2S/c1-2-26-22-8-7-17-14-19(6-5-18(17)15-22)23(25)20-4-3-11-24(16-20)21-9-12-27-13-10-21/h5-8,14-15,20-21H,2-4,9-13,16H2,1H3. The first kappa shape index (κ1) is 18.8. The minimum absolute atomic E-state index is 0.147. The Balaban J connectivity index is 1.48. The number of Topliss-reactive ketones (excluding diaryl/α,β-unsaturated/α-hetero) is 1. The molecular formula is C23H29NO2S. The van der Waals surface area contributed by atoms with Crippen LogP contribution in [-0.2, 0) is 0 Å². The Morgan fingerprint density at radius 2 is 1.89 bits per heavy atom. The molecule has 27 heavy (non-hydrogen) atoms. The summed E-state index contributed by atoms with van der Waals surface area (Å²) in [4.78, 5) is 15.8.